The minimum Gasteiger partial charge on any atom is -0.352 e. The van der Waals surface area contributed by atoms with Crippen LogP contribution >= 0.6 is 0 Å². The first-order valence-corrected chi connectivity index (χ1v) is 15.6. The molecule has 0 spiro atoms. The van der Waals surface area contributed by atoms with Crippen LogP contribution < -0.4 is 9.62 Å². The number of amides is 2. The molecule has 0 radical (unpaired) electrons. The maximum Gasteiger partial charge on any atom is 0.264 e. The molecule has 0 unspecified atom stereocenters. The van der Waals surface area contributed by atoms with Gasteiger partial charge in [-0.1, -0.05) is 74.9 Å². The average molecular weight is 578 g/mol. The Labute approximate surface area is 245 Å². The second-order valence-electron chi connectivity index (χ2n) is 11.1. The SMILES string of the molecule is CC[C@H](C(=O)NC(C)C)N(Cc1ccccc1C)C(=O)CN(c1ccc(C(C)C)cc1)S(=O)(=O)c1ccc(C)cc1. The topological polar surface area (TPSA) is 86.8 Å². The fourth-order valence-corrected chi connectivity index (χ4v) is 6.08. The van der Waals surface area contributed by atoms with Crippen LogP contribution in [0.4, 0.5) is 5.69 Å². The van der Waals surface area contributed by atoms with Gasteiger partial charge in [0.15, 0.2) is 0 Å². The first-order valence-electron chi connectivity index (χ1n) is 14.2. The summed E-state index contributed by atoms with van der Waals surface area (Å²) in [5, 5.41) is 2.93. The van der Waals surface area contributed by atoms with Crippen molar-refractivity contribution in [2.75, 3.05) is 10.8 Å². The highest BCUT2D eigenvalue weighted by Gasteiger charge is 2.34. The highest BCUT2D eigenvalue weighted by Crippen LogP contribution is 2.27. The number of nitrogens with one attached hydrogen (secondary N) is 1. The molecule has 2 amide bonds. The van der Waals surface area contributed by atoms with E-state index >= 15 is 0 Å². The van der Waals surface area contributed by atoms with Gasteiger partial charge in [-0.25, -0.2) is 8.42 Å². The minimum atomic E-state index is -4.10. The van der Waals surface area contributed by atoms with Crippen LogP contribution in [0.15, 0.2) is 77.7 Å². The van der Waals surface area contributed by atoms with Crippen molar-refractivity contribution >= 4 is 27.5 Å². The number of benzene rings is 3. The van der Waals surface area contributed by atoms with E-state index in [2.05, 4.69) is 19.2 Å². The van der Waals surface area contributed by atoms with Crippen LogP contribution in [-0.4, -0.2) is 43.8 Å². The Morgan fingerprint density at radius 3 is 2.00 bits per heavy atom. The average Bonchev–Trinajstić information content (AvgIpc) is 2.92. The Morgan fingerprint density at radius 2 is 1.46 bits per heavy atom. The van der Waals surface area contributed by atoms with E-state index in [4.69, 9.17) is 0 Å². The largest absolute Gasteiger partial charge is 0.352 e. The Kier molecular flexibility index (Phi) is 10.7. The molecule has 0 saturated carbocycles. The van der Waals surface area contributed by atoms with Gasteiger partial charge < -0.3 is 10.2 Å². The Balaban J connectivity index is 2.09. The van der Waals surface area contributed by atoms with E-state index in [1.165, 1.54) is 4.90 Å². The van der Waals surface area contributed by atoms with E-state index in [1.54, 1.807) is 36.4 Å². The van der Waals surface area contributed by atoms with Gasteiger partial charge in [0.2, 0.25) is 11.8 Å². The van der Waals surface area contributed by atoms with Crippen molar-refractivity contribution in [3.8, 4) is 0 Å². The molecule has 0 saturated heterocycles. The van der Waals surface area contributed by atoms with E-state index in [1.807, 2.05) is 71.0 Å². The Morgan fingerprint density at radius 1 is 0.854 bits per heavy atom. The van der Waals surface area contributed by atoms with Crippen molar-refractivity contribution in [3.05, 3.63) is 95.1 Å². The van der Waals surface area contributed by atoms with Crippen LogP contribution in [0.1, 0.15) is 69.2 Å². The quantitative estimate of drug-likeness (QED) is 0.288. The zero-order valence-electron chi connectivity index (χ0n) is 25.2. The lowest BCUT2D eigenvalue weighted by atomic mass is 10.0. The molecule has 3 aromatic carbocycles. The molecule has 220 valence electrons. The van der Waals surface area contributed by atoms with Crippen molar-refractivity contribution in [2.45, 2.75) is 84.3 Å². The highest BCUT2D eigenvalue weighted by atomic mass is 32.2. The van der Waals surface area contributed by atoms with E-state index in [9.17, 15) is 18.0 Å². The molecule has 7 nitrogen and oxygen atoms in total. The summed E-state index contributed by atoms with van der Waals surface area (Å²) in [6.45, 7) is 13.3. The van der Waals surface area contributed by atoms with Crippen LogP contribution in [0.25, 0.3) is 0 Å². The lowest BCUT2D eigenvalue weighted by molar-refractivity contribution is -0.140. The van der Waals surface area contributed by atoms with E-state index in [0.717, 1.165) is 26.6 Å². The minimum absolute atomic E-state index is 0.0962. The van der Waals surface area contributed by atoms with Crippen LogP contribution in [0.5, 0.6) is 0 Å². The van der Waals surface area contributed by atoms with Crippen LogP contribution in [0, 0.1) is 13.8 Å². The maximum atomic E-state index is 14.2. The van der Waals surface area contributed by atoms with Gasteiger partial charge in [0.25, 0.3) is 10.0 Å². The van der Waals surface area contributed by atoms with Crippen LogP contribution in [-0.2, 0) is 26.2 Å². The summed E-state index contributed by atoms with van der Waals surface area (Å²) >= 11 is 0. The molecule has 0 bridgehead atoms. The third-order valence-corrected chi connectivity index (χ3v) is 8.94. The number of nitrogens with zero attached hydrogens (tertiary/aromatic N) is 2. The molecule has 1 atom stereocenters. The van der Waals surface area contributed by atoms with Gasteiger partial charge in [0.05, 0.1) is 10.6 Å². The van der Waals surface area contributed by atoms with E-state index in [0.29, 0.717) is 12.1 Å². The van der Waals surface area contributed by atoms with Crippen molar-refractivity contribution in [1.29, 1.82) is 0 Å². The molecule has 3 aromatic rings. The van der Waals surface area contributed by atoms with E-state index in [-0.39, 0.29) is 29.3 Å². The number of carbonyl (C=O) groups is 2. The summed E-state index contributed by atoms with van der Waals surface area (Å²) in [6.07, 6.45) is 0.379. The van der Waals surface area contributed by atoms with Gasteiger partial charge in [-0.05, 0) is 81.0 Å². The van der Waals surface area contributed by atoms with Gasteiger partial charge in [-0.3, -0.25) is 13.9 Å². The van der Waals surface area contributed by atoms with Crippen molar-refractivity contribution in [2.24, 2.45) is 0 Å². The highest BCUT2D eigenvalue weighted by molar-refractivity contribution is 7.92. The summed E-state index contributed by atoms with van der Waals surface area (Å²) in [5.74, 6) is -0.455. The van der Waals surface area contributed by atoms with Gasteiger partial charge in [0.1, 0.15) is 12.6 Å². The molecular weight excluding hydrogens is 534 g/mol. The number of hydrogen-bond acceptors (Lipinski definition) is 4. The normalized spacial score (nSPS) is 12.3. The predicted molar refractivity (Wildman–Crippen MR) is 165 cm³/mol. The number of anilines is 1. The number of aryl methyl sites for hydroxylation is 2. The second kappa shape index (κ2) is 13.8. The van der Waals surface area contributed by atoms with Crippen molar-refractivity contribution in [3.63, 3.8) is 0 Å². The fourth-order valence-electron chi connectivity index (χ4n) is 4.66. The van der Waals surface area contributed by atoms with Gasteiger partial charge in [-0.15, -0.1) is 0 Å². The maximum absolute atomic E-state index is 14.2. The summed E-state index contributed by atoms with van der Waals surface area (Å²) in [7, 11) is -4.10. The summed E-state index contributed by atoms with van der Waals surface area (Å²) in [4.78, 5) is 29.1. The zero-order valence-corrected chi connectivity index (χ0v) is 26.0. The van der Waals surface area contributed by atoms with Crippen LogP contribution in [0.3, 0.4) is 0 Å². The van der Waals surface area contributed by atoms with Gasteiger partial charge in [0, 0.05) is 12.6 Å². The monoisotopic (exact) mass is 577 g/mol. The molecule has 0 aromatic heterocycles. The lowest BCUT2D eigenvalue weighted by Gasteiger charge is -2.34. The molecule has 1 N–H and O–H groups in total. The third kappa shape index (κ3) is 7.97. The molecule has 3 rings (SSSR count). The first-order chi connectivity index (χ1) is 19.3. The number of hydrogen-bond donors (Lipinski definition) is 1. The smallest absolute Gasteiger partial charge is 0.264 e. The number of carbonyl (C=O) groups excluding carboxylic acids is 2. The number of sulfonamides is 1. The zero-order chi connectivity index (χ0) is 30.3. The summed E-state index contributed by atoms with van der Waals surface area (Å²) in [6, 6.07) is 20.7. The van der Waals surface area contributed by atoms with Crippen molar-refractivity contribution in [1.82, 2.24) is 10.2 Å². The van der Waals surface area contributed by atoms with E-state index < -0.39 is 28.5 Å². The Hall–Kier alpha value is -3.65. The standard InChI is InChI=1S/C33H43N3O4S/c1-8-31(33(38)34-24(4)5)35(21-28-12-10-9-11-26(28)7)32(37)22-36(29-17-15-27(16-18-29)23(2)3)41(39,40)30-19-13-25(6)14-20-30/h9-20,23-24,31H,8,21-22H2,1-7H3,(H,34,38)/t31-/m1/s1. The fraction of sp³-hybridized carbons (Fsp3) is 0.394. The molecule has 41 heavy (non-hydrogen) atoms. The molecule has 8 heteroatoms. The summed E-state index contributed by atoms with van der Waals surface area (Å²) < 4.78 is 29.2. The van der Waals surface area contributed by atoms with Gasteiger partial charge >= 0.3 is 0 Å². The lowest BCUT2D eigenvalue weighted by Crippen LogP contribution is -2.53. The predicted octanol–water partition coefficient (Wildman–Crippen LogP) is 5.95. The van der Waals surface area contributed by atoms with Crippen molar-refractivity contribution < 1.29 is 18.0 Å². The number of rotatable bonds is 12. The third-order valence-electron chi connectivity index (χ3n) is 7.15. The van der Waals surface area contributed by atoms with Gasteiger partial charge in [-0.2, -0.15) is 0 Å². The Bertz CT molecular complexity index is 1430. The molecule has 0 fully saturated rings. The summed E-state index contributed by atoms with van der Waals surface area (Å²) in [5.41, 5.74) is 4.26. The molecule has 0 heterocycles. The molecule has 0 aliphatic rings. The molecule has 0 aliphatic carbocycles. The first kappa shape index (κ1) is 31.9. The second-order valence-corrected chi connectivity index (χ2v) is 13.0. The molecular formula is C33H43N3O4S. The van der Waals surface area contributed by atoms with Crippen LogP contribution in [0.2, 0.25) is 0 Å². The molecule has 0 aliphatic heterocycles.